The lowest BCUT2D eigenvalue weighted by Gasteiger charge is -2.22. The Morgan fingerprint density at radius 2 is 2.00 bits per heavy atom. The fraction of sp³-hybridized carbons (Fsp3) is 0.500. The van der Waals surface area contributed by atoms with Crippen molar-refractivity contribution in [3.63, 3.8) is 0 Å². The normalized spacial score (nSPS) is 16.1. The summed E-state index contributed by atoms with van der Waals surface area (Å²) in [5, 5.41) is 3.95. The number of hydrogen-bond donors (Lipinski definition) is 1. The molecule has 1 N–H and O–H groups in total. The van der Waals surface area contributed by atoms with Gasteiger partial charge in [0.1, 0.15) is 5.75 Å². The van der Waals surface area contributed by atoms with Gasteiger partial charge in [0.15, 0.2) is 6.61 Å². The van der Waals surface area contributed by atoms with Crippen molar-refractivity contribution < 1.29 is 9.53 Å². The van der Waals surface area contributed by atoms with Crippen LogP contribution in [-0.4, -0.2) is 18.6 Å². The first-order valence-electron chi connectivity index (χ1n) is 6.52. The lowest BCUT2D eigenvalue weighted by molar-refractivity contribution is -0.124. The van der Waals surface area contributed by atoms with Crippen LogP contribution in [0.5, 0.6) is 5.75 Å². The average molecular weight is 302 g/mol. The van der Waals surface area contributed by atoms with Gasteiger partial charge in [-0.15, -0.1) is 0 Å². The fourth-order valence-corrected chi connectivity index (χ4v) is 2.71. The molecular weight excluding hydrogens is 285 g/mol. The summed E-state index contributed by atoms with van der Waals surface area (Å²) in [4.78, 5) is 11.8. The number of benzene rings is 1. The van der Waals surface area contributed by atoms with E-state index in [1.54, 1.807) is 18.2 Å². The van der Waals surface area contributed by atoms with Gasteiger partial charge >= 0.3 is 0 Å². The van der Waals surface area contributed by atoms with Gasteiger partial charge in [0.25, 0.3) is 5.91 Å². The van der Waals surface area contributed by atoms with Gasteiger partial charge in [-0.25, -0.2) is 0 Å². The van der Waals surface area contributed by atoms with Crippen molar-refractivity contribution in [3.8, 4) is 5.75 Å². The lowest BCUT2D eigenvalue weighted by Crippen LogP contribution is -2.38. The zero-order chi connectivity index (χ0) is 13.7. The number of carbonyl (C=O) groups excluding carboxylic acids is 1. The van der Waals surface area contributed by atoms with E-state index in [1.165, 1.54) is 19.3 Å². The Bertz CT molecular complexity index is 445. The molecule has 0 spiro atoms. The van der Waals surface area contributed by atoms with Crippen LogP contribution in [0.4, 0.5) is 0 Å². The minimum Gasteiger partial charge on any atom is -0.482 e. The Labute approximate surface area is 123 Å². The monoisotopic (exact) mass is 301 g/mol. The summed E-state index contributed by atoms with van der Waals surface area (Å²) in [6, 6.07) is 5.24. The standard InChI is InChI=1S/C14H17Cl2NO2/c15-10-6-7-13(12(16)8-10)19-9-14(18)17-11-4-2-1-3-5-11/h6-8,11H,1-5,9H2,(H,17,18). The minimum absolute atomic E-state index is 0.0160. The molecule has 1 saturated carbocycles. The molecule has 0 aliphatic heterocycles. The van der Waals surface area contributed by atoms with Crippen LogP contribution in [0, 0.1) is 0 Å². The van der Waals surface area contributed by atoms with Gasteiger partial charge in [0.05, 0.1) is 5.02 Å². The summed E-state index contributed by atoms with van der Waals surface area (Å²) in [6.07, 6.45) is 5.77. The summed E-state index contributed by atoms with van der Waals surface area (Å²) in [5.74, 6) is 0.378. The minimum atomic E-state index is -0.0992. The molecule has 0 saturated heterocycles. The second kappa shape index (κ2) is 7.01. The van der Waals surface area contributed by atoms with Gasteiger partial charge in [-0.05, 0) is 31.0 Å². The number of carbonyl (C=O) groups is 1. The van der Waals surface area contributed by atoms with Crippen LogP contribution in [-0.2, 0) is 4.79 Å². The van der Waals surface area contributed by atoms with Gasteiger partial charge in [-0.3, -0.25) is 4.79 Å². The zero-order valence-corrected chi connectivity index (χ0v) is 12.1. The van der Waals surface area contributed by atoms with E-state index in [-0.39, 0.29) is 12.5 Å². The van der Waals surface area contributed by atoms with Crippen LogP contribution in [0.25, 0.3) is 0 Å². The van der Waals surface area contributed by atoms with Crippen molar-refractivity contribution in [1.82, 2.24) is 5.32 Å². The Balaban J connectivity index is 1.79. The smallest absolute Gasteiger partial charge is 0.258 e. The van der Waals surface area contributed by atoms with E-state index in [4.69, 9.17) is 27.9 Å². The molecule has 0 radical (unpaired) electrons. The molecule has 3 nitrogen and oxygen atoms in total. The molecule has 5 heteroatoms. The SMILES string of the molecule is O=C(COc1ccc(Cl)cc1Cl)NC1CCCCC1. The Kier molecular flexibility index (Phi) is 5.34. The first-order chi connectivity index (χ1) is 9.15. The summed E-state index contributed by atoms with van der Waals surface area (Å²) >= 11 is 11.8. The van der Waals surface area contributed by atoms with Gasteiger partial charge in [0.2, 0.25) is 0 Å². The molecular formula is C14H17Cl2NO2. The van der Waals surface area contributed by atoms with E-state index >= 15 is 0 Å². The molecule has 0 unspecified atom stereocenters. The number of halogens is 2. The van der Waals surface area contributed by atoms with Crippen LogP contribution in [0.15, 0.2) is 18.2 Å². The Morgan fingerprint density at radius 1 is 1.26 bits per heavy atom. The van der Waals surface area contributed by atoms with Gasteiger partial charge in [0, 0.05) is 11.1 Å². The first-order valence-corrected chi connectivity index (χ1v) is 7.28. The molecule has 1 amide bonds. The molecule has 104 valence electrons. The molecule has 1 aromatic rings. The number of ether oxygens (including phenoxy) is 1. The largest absolute Gasteiger partial charge is 0.482 e. The topological polar surface area (TPSA) is 38.3 Å². The zero-order valence-electron chi connectivity index (χ0n) is 10.6. The molecule has 0 atom stereocenters. The maximum absolute atomic E-state index is 11.8. The third-order valence-corrected chi connectivity index (χ3v) is 3.75. The van der Waals surface area contributed by atoms with E-state index < -0.39 is 0 Å². The van der Waals surface area contributed by atoms with Crippen LogP contribution in [0.3, 0.4) is 0 Å². The summed E-state index contributed by atoms with van der Waals surface area (Å²) in [5.41, 5.74) is 0. The number of hydrogen-bond acceptors (Lipinski definition) is 2. The number of amides is 1. The van der Waals surface area contributed by atoms with E-state index in [1.807, 2.05) is 0 Å². The molecule has 0 bridgehead atoms. The van der Waals surface area contributed by atoms with Crippen LogP contribution >= 0.6 is 23.2 Å². The van der Waals surface area contributed by atoms with E-state index in [0.717, 1.165) is 12.8 Å². The summed E-state index contributed by atoms with van der Waals surface area (Å²) < 4.78 is 5.39. The third-order valence-electron chi connectivity index (χ3n) is 3.22. The van der Waals surface area contributed by atoms with Crippen molar-refractivity contribution in [1.29, 1.82) is 0 Å². The molecule has 0 heterocycles. The van der Waals surface area contributed by atoms with Crippen molar-refractivity contribution in [2.24, 2.45) is 0 Å². The van der Waals surface area contributed by atoms with E-state index in [0.29, 0.717) is 21.8 Å². The molecule has 2 rings (SSSR count). The molecule has 1 fully saturated rings. The van der Waals surface area contributed by atoms with Crippen LogP contribution < -0.4 is 10.1 Å². The molecule has 0 aromatic heterocycles. The van der Waals surface area contributed by atoms with E-state index in [9.17, 15) is 4.79 Å². The van der Waals surface area contributed by atoms with Gasteiger partial charge < -0.3 is 10.1 Å². The molecule has 19 heavy (non-hydrogen) atoms. The van der Waals surface area contributed by atoms with Crippen molar-refractivity contribution in [2.75, 3.05) is 6.61 Å². The van der Waals surface area contributed by atoms with Gasteiger partial charge in [-0.1, -0.05) is 42.5 Å². The first kappa shape index (κ1) is 14.5. The predicted molar refractivity (Wildman–Crippen MR) is 77.0 cm³/mol. The lowest BCUT2D eigenvalue weighted by atomic mass is 9.95. The average Bonchev–Trinajstić information content (AvgIpc) is 2.39. The second-order valence-corrected chi connectivity index (χ2v) is 5.61. The number of rotatable bonds is 4. The maximum atomic E-state index is 11.8. The Morgan fingerprint density at radius 3 is 2.68 bits per heavy atom. The molecule has 1 aromatic carbocycles. The number of nitrogens with one attached hydrogen (secondary N) is 1. The summed E-state index contributed by atoms with van der Waals surface area (Å²) in [7, 11) is 0. The summed E-state index contributed by atoms with van der Waals surface area (Å²) in [6.45, 7) is -0.0160. The van der Waals surface area contributed by atoms with Crippen LogP contribution in [0.2, 0.25) is 10.0 Å². The highest BCUT2D eigenvalue weighted by molar-refractivity contribution is 6.35. The fourth-order valence-electron chi connectivity index (χ4n) is 2.25. The highest BCUT2D eigenvalue weighted by atomic mass is 35.5. The van der Waals surface area contributed by atoms with Gasteiger partial charge in [-0.2, -0.15) is 0 Å². The second-order valence-electron chi connectivity index (χ2n) is 4.77. The van der Waals surface area contributed by atoms with Crippen molar-refractivity contribution in [2.45, 2.75) is 38.1 Å². The van der Waals surface area contributed by atoms with E-state index in [2.05, 4.69) is 5.32 Å². The maximum Gasteiger partial charge on any atom is 0.258 e. The molecule has 1 aliphatic rings. The highest BCUT2D eigenvalue weighted by Gasteiger charge is 2.16. The molecule has 1 aliphatic carbocycles. The van der Waals surface area contributed by atoms with Crippen molar-refractivity contribution in [3.05, 3.63) is 28.2 Å². The van der Waals surface area contributed by atoms with Crippen LogP contribution in [0.1, 0.15) is 32.1 Å². The quantitative estimate of drug-likeness (QED) is 0.918. The van der Waals surface area contributed by atoms with Crippen molar-refractivity contribution >= 4 is 29.1 Å². The third kappa shape index (κ3) is 4.59. The Hall–Kier alpha value is -0.930. The highest BCUT2D eigenvalue weighted by Crippen LogP contribution is 2.27. The predicted octanol–water partition coefficient (Wildman–Crippen LogP) is 3.82.